The van der Waals surface area contributed by atoms with E-state index in [9.17, 15) is 9.90 Å². The number of benzene rings is 2. The minimum Gasteiger partial charge on any atom is -0.494 e. The van der Waals surface area contributed by atoms with E-state index in [4.69, 9.17) is 4.74 Å². The third-order valence-electron chi connectivity index (χ3n) is 7.70. The number of piperidine rings is 1. The lowest BCUT2D eigenvalue weighted by atomic mass is 9.79. The lowest BCUT2D eigenvalue weighted by Gasteiger charge is -2.33. The molecule has 1 aliphatic heterocycles. The van der Waals surface area contributed by atoms with Gasteiger partial charge in [0.05, 0.1) is 6.61 Å². The first kappa shape index (κ1) is 21.5. The SMILES string of the molecule is O=C(NC1C2CN(CCCOc3ccccc3)C[C@@H]21)C(O)(c1ccccc1)C1CCCC1. The van der Waals surface area contributed by atoms with Crippen LogP contribution in [0.1, 0.15) is 37.7 Å². The van der Waals surface area contributed by atoms with Gasteiger partial charge in [-0.3, -0.25) is 4.79 Å². The Morgan fingerprint density at radius 1 is 1.00 bits per heavy atom. The van der Waals surface area contributed by atoms with Crippen molar-refractivity contribution >= 4 is 5.91 Å². The van der Waals surface area contributed by atoms with E-state index in [1.807, 2.05) is 60.7 Å². The third-order valence-corrected chi connectivity index (χ3v) is 7.70. The lowest BCUT2D eigenvalue weighted by molar-refractivity contribution is -0.147. The number of nitrogens with zero attached hydrogens (tertiary/aromatic N) is 1. The van der Waals surface area contributed by atoms with Gasteiger partial charge < -0.3 is 20.1 Å². The lowest BCUT2D eigenvalue weighted by Crippen LogP contribution is -2.51. The monoisotopic (exact) mass is 434 g/mol. The van der Waals surface area contributed by atoms with Gasteiger partial charge in [-0.25, -0.2) is 0 Å². The number of hydrogen-bond donors (Lipinski definition) is 2. The Kier molecular flexibility index (Phi) is 6.20. The highest BCUT2D eigenvalue weighted by atomic mass is 16.5. The minimum atomic E-state index is -1.41. The number of carbonyl (C=O) groups excluding carboxylic acids is 1. The van der Waals surface area contributed by atoms with Crippen LogP contribution in [-0.2, 0) is 10.4 Å². The van der Waals surface area contributed by atoms with Gasteiger partial charge in [0, 0.05) is 31.6 Å². The molecule has 2 aromatic rings. The van der Waals surface area contributed by atoms with Crippen LogP contribution in [0.5, 0.6) is 5.75 Å². The summed E-state index contributed by atoms with van der Waals surface area (Å²) < 4.78 is 5.79. The molecule has 170 valence electrons. The molecule has 5 heteroatoms. The Hall–Kier alpha value is -2.37. The molecule has 1 heterocycles. The molecular formula is C27H34N2O3. The molecule has 0 spiro atoms. The van der Waals surface area contributed by atoms with E-state index in [0.29, 0.717) is 11.8 Å². The fraction of sp³-hybridized carbons (Fsp3) is 0.519. The zero-order chi connectivity index (χ0) is 22.0. The van der Waals surface area contributed by atoms with Crippen LogP contribution >= 0.6 is 0 Å². The Morgan fingerprint density at radius 2 is 1.62 bits per heavy atom. The molecule has 0 radical (unpaired) electrons. The zero-order valence-electron chi connectivity index (χ0n) is 18.7. The van der Waals surface area contributed by atoms with Crippen LogP contribution in [0, 0.1) is 17.8 Å². The van der Waals surface area contributed by atoms with Crippen molar-refractivity contribution in [1.29, 1.82) is 0 Å². The van der Waals surface area contributed by atoms with Gasteiger partial charge in [0.15, 0.2) is 5.60 Å². The maximum atomic E-state index is 13.4. The Morgan fingerprint density at radius 3 is 2.28 bits per heavy atom. The van der Waals surface area contributed by atoms with Crippen LogP contribution < -0.4 is 10.1 Å². The first-order chi connectivity index (χ1) is 15.7. The van der Waals surface area contributed by atoms with E-state index in [2.05, 4.69) is 10.2 Å². The summed E-state index contributed by atoms with van der Waals surface area (Å²) in [5, 5.41) is 14.9. The van der Waals surface area contributed by atoms with Gasteiger partial charge in [0.25, 0.3) is 5.91 Å². The molecule has 3 fully saturated rings. The van der Waals surface area contributed by atoms with Crippen LogP contribution in [0.4, 0.5) is 0 Å². The number of hydrogen-bond acceptors (Lipinski definition) is 4. The summed E-state index contributed by atoms with van der Waals surface area (Å²) >= 11 is 0. The smallest absolute Gasteiger partial charge is 0.257 e. The van der Waals surface area contributed by atoms with Crippen molar-refractivity contribution in [2.45, 2.75) is 43.7 Å². The van der Waals surface area contributed by atoms with Crippen molar-refractivity contribution in [3.8, 4) is 5.75 Å². The van der Waals surface area contributed by atoms with Crippen molar-refractivity contribution in [3.05, 3.63) is 66.2 Å². The highest BCUT2D eigenvalue weighted by Gasteiger charge is 2.58. The van der Waals surface area contributed by atoms with Gasteiger partial charge in [-0.1, -0.05) is 61.4 Å². The van der Waals surface area contributed by atoms with E-state index in [-0.39, 0.29) is 17.9 Å². The molecule has 2 N–H and O–H groups in total. The van der Waals surface area contributed by atoms with E-state index in [1.54, 1.807) is 0 Å². The summed E-state index contributed by atoms with van der Waals surface area (Å²) in [6, 6.07) is 19.7. The molecule has 1 saturated heterocycles. The van der Waals surface area contributed by atoms with E-state index >= 15 is 0 Å². The summed E-state index contributed by atoms with van der Waals surface area (Å²) in [6.45, 7) is 3.79. The van der Waals surface area contributed by atoms with Crippen LogP contribution in [0.25, 0.3) is 0 Å². The number of fused-ring (bicyclic) bond motifs is 1. The third kappa shape index (κ3) is 4.28. The van der Waals surface area contributed by atoms with Crippen molar-refractivity contribution in [3.63, 3.8) is 0 Å². The van der Waals surface area contributed by atoms with Crippen molar-refractivity contribution < 1.29 is 14.6 Å². The molecule has 3 aliphatic rings. The van der Waals surface area contributed by atoms with Gasteiger partial charge in [0.2, 0.25) is 0 Å². The van der Waals surface area contributed by atoms with Gasteiger partial charge in [-0.15, -0.1) is 0 Å². The number of ether oxygens (including phenoxy) is 1. The molecule has 1 amide bonds. The number of nitrogens with one attached hydrogen (secondary N) is 1. The van der Waals surface area contributed by atoms with Crippen molar-refractivity contribution in [2.24, 2.45) is 17.8 Å². The Labute approximate surface area is 190 Å². The molecule has 5 nitrogen and oxygen atoms in total. The van der Waals surface area contributed by atoms with Crippen molar-refractivity contribution in [1.82, 2.24) is 10.2 Å². The molecule has 2 aromatic carbocycles. The molecular weight excluding hydrogens is 400 g/mol. The largest absolute Gasteiger partial charge is 0.494 e. The maximum absolute atomic E-state index is 13.4. The van der Waals surface area contributed by atoms with Gasteiger partial charge in [0.1, 0.15) is 5.75 Å². The molecule has 3 unspecified atom stereocenters. The summed E-state index contributed by atoms with van der Waals surface area (Å²) in [5.74, 6) is 1.75. The highest BCUT2D eigenvalue weighted by Crippen LogP contribution is 2.47. The second-order valence-corrected chi connectivity index (χ2v) is 9.72. The number of carbonyl (C=O) groups is 1. The van der Waals surface area contributed by atoms with E-state index in [0.717, 1.165) is 69.7 Å². The number of amides is 1. The van der Waals surface area contributed by atoms with Crippen molar-refractivity contribution in [2.75, 3.05) is 26.2 Å². The van der Waals surface area contributed by atoms with Gasteiger partial charge in [-0.05, 0) is 48.8 Å². The normalized spacial score (nSPS) is 27.0. The second kappa shape index (κ2) is 9.24. The average Bonchev–Trinajstić information content (AvgIpc) is 3.25. The quantitative estimate of drug-likeness (QED) is 0.592. The molecule has 2 saturated carbocycles. The summed E-state index contributed by atoms with van der Waals surface area (Å²) in [4.78, 5) is 15.8. The topological polar surface area (TPSA) is 61.8 Å². The standard InChI is InChI=1S/C27H34N2O3/c30-26(27(31,21-12-7-8-13-21)20-10-3-1-4-11-20)28-25-23-18-29(19-24(23)25)16-9-17-32-22-14-5-2-6-15-22/h1-6,10-11,14-15,21,23-25,31H,7-9,12-13,16-19H2,(H,28,30)/t23-,24?,25?,27?/m0/s1. The second-order valence-electron chi connectivity index (χ2n) is 9.72. The Balaban J connectivity index is 1.11. The molecule has 32 heavy (non-hydrogen) atoms. The van der Waals surface area contributed by atoms with Crippen LogP contribution in [-0.4, -0.2) is 48.2 Å². The van der Waals surface area contributed by atoms with Gasteiger partial charge >= 0.3 is 0 Å². The first-order valence-electron chi connectivity index (χ1n) is 12.2. The molecule has 2 aliphatic carbocycles. The maximum Gasteiger partial charge on any atom is 0.257 e. The number of aliphatic hydroxyl groups is 1. The molecule has 5 rings (SSSR count). The predicted molar refractivity (Wildman–Crippen MR) is 124 cm³/mol. The van der Waals surface area contributed by atoms with E-state index in [1.165, 1.54) is 0 Å². The van der Waals surface area contributed by atoms with E-state index < -0.39 is 5.60 Å². The van der Waals surface area contributed by atoms with Crippen LogP contribution in [0.2, 0.25) is 0 Å². The number of rotatable bonds is 9. The molecule has 4 atom stereocenters. The fourth-order valence-electron chi connectivity index (χ4n) is 5.85. The van der Waals surface area contributed by atoms with Crippen LogP contribution in [0.3, 0.4) is 0 Å². The highest BCUT2D eigenvalue weighted by molar-refractivity contribution is 5.87. The Bertz CT molecular complexity index is 888. The fourth-order valence-corrected chi connectivity index (χ4v) is 5.85. The summed E-state index contributed by atoms with van der Waals surface area (Å²) in [5.41, 5.74) is -0.682. The number of para-hydroxylation sites is 1. The minimum absolute atomic E-state index is 0.00426. The summed E-state index contributed by atoms with van der Waals surface area (Å²) in [6.07, 6.45) is 5.00. The first-order valence-corrected chi connectivity index (χ1v) is 12.2. The zero-order valence-corrected chi connectivity index (χ0v) is 18.7. The summed E-state index contributed by atoms with van der Waals surface area (Å²) in [7, 11) is 0. The number of likely N-dealkylation sites (tertiary alicyclic amines) is 1. The average molecular weight is 435 g/mol. The molecule has 0 aromatic heterocycles. The van der Waals surface area contributed by atoms with Gasteiger partial charge in [-0.2, -0.15) is 0 Å². The molecule has 0 bridgehead atoms. The van der Waals surface area contributed by atoms with Crippen LogP contribution in [0.15, 0.2) is 60.7 Å². The predicted octanol–water partition coefficient (Wildman–Crippen LogP) is 3.58.